The molecule has 0 aromatic carbocycles. The van der Waals surface area contributed by atoms with E-state index >= 15 is 0 Å². The van der Waals surface area contributed by atoms with Crippen LogP contribution >= 0.6 is 0 Å². The molecule has 2 saturated heterocycles. The summed E-state index contributed by atoms with van der Waals surface area (Å²) in [7, 11) is 0. The van der Waals surface area contributed by atoms with Crippen molar-refractivity contribution >= 4 is 0 Å². The van der Waals surface area contributed by atoms with E-state index < -0.39 is 0 Å². The smallest absolute Gasteiger partial charge is 0.0707 e. The van der Waals surface area contributed by atoms with Crippen LogP contribution < -0.4 is 5.32 Å². The van der Waals surface area contributed by atoms with Crippen molar-refractivity contribution in [3.8, 4) is 0 Å². The van der Waals surface area contributed by atoms with Crippen molar-refractivity contribution in [2.24, 2.45) is 0 Å². The Balaban J connectivity index is 1.72. The lowest BCUT2D eigenvalue weighted by Crippen LogP contribution is -2.43. The maximum Gasteiger partial charge on any atom is 0.0707 e. The Labute approximate surface area is 112 Å². The second kappa shape index (κ2) is 7.46. The number of likely N-dealkylation sites (N-methyl/N-ethyl adjacent to an activating group) is 1. The fourth-order valence-corrected chi connectivity index (χ4v) is 3.39. The van der Waals surface area contributed by atoms with Gasteiger partial charge in [0, 0.05) is 19.1 Å². The molecule has 0 aliphatic carbocycles. The number of nitrogens with zero attached hydrogens (tertiary/aromatic N) is 1. The summed E-state index contributed by atoms with van der Waals surface area (Å²) in [5, 5.41) is 3.40. The second-order valence-electron chi connectivity index (χ2n) is 5.82. The molecule has 106 valence electrons. The maximum absolute atomic E-state index is 6.15. The first-order valence-corrected chi connectivity index (χ1v) is 7.93. The van der Waals surface area contributed by atoms with Crippen LogP contribution in [0.15, 0.2) is 0 Å². The molecule has 0 aromatic rings. The molecule has 2 aliphatic rings. The number of hydrogen-bond acceptors (Lipinski definition) is 3. The van der Waals surface area contributed by atoms with E-state index in [2.05, 4.69) is 24.1 Å². The summed E-state index contributed by atoms with van der Waals surface area (Å²) in [6.07, 6.45) is 8.93. The summed E-state index contributed by atoms with van der Waals surface area (Å²) in [6, 6.07) is 0.815. The highest BCUT2D eigenvalue weighted by atomic mass is 16.5. The van der Waals surface area contributed by atoms with Crippen LogP contribution in [-0.4, -0.2) is 49.3 Å². The molecule has 1 N–H and O–H groups in total. The lowest BCUT2D eigenvalue weighted by Gasteiger charge is -2.36. The Morgan fingerprint density at radius 1 is 1.11 bits per heavy atom. The Kier molecular flexibility index (Phi) is 5.93. The summed E-state index contributed by atoms with van der Waals surface area (Å²) in [5.41, 5.74) is 0. The lowest BCUT2D eigenvalue weighted by atomic mass is 9.99. The summed E-state index contributed by atoms with van der Waals surface area (Å²) < 4.78 is 6.15. The van der Waals surface area contributed by atoms with Gasteiger partial charge in [0.2, 0.25) is 0 Å². The van der Waals surface area contributed by atoms with E-state index in [4.69, 9.17) is 4.74 Å². The van der Waals surface area contributed by atoms with Crippen molar-refractivity contribution in [3.63, 3.8) is 0 Å². The third-order valence-corrected chi connectivity index (χ3v) is 4.48. The minimum Gasteiger partial charge on any atom is -0.372 e. The third-order valence-electron chi connectivity index (χ3n) is 4.48. The van der Waals surface area contributed by atoms with Crippen molar-refractivity contribution in [2.45, 2.75) is 70.6 Å². The van der Waals surface area contributed by atoms with Crippen molar-refractivity contribution in [1.29, 1.82) is 0 Å². The number of rotatable bonds is 6. The van der Waals surface area contributed by atoms with Gasteiger partial charge < -0.3 is 10.1 Å². The highest BCUT2D eigenvalue weighted by molar-refractivity contribution is 4.82. The normalized spacial score (nSPS) is 34.0. The van der Waals surface area contributed by atoms with Crippen molar-refractivity contribution < 1.29 is 4.74 Å². The molecule has 3 nitrogen and oxygen atoms in total. The summed E-state index contributed by atoms with van der Waals surface area (Å²) >= 11 is 0. The van der Waals surface area contributed by atoms with Crippen molar-refractivity contribution in [1.82, 2.24) is 10.2 Å². The van der Waals surface area contributed by atoms with E-state index in [0.29, 0.717) is 12.2 Å². The van der Waals surface area contributed by atoms with Crippen LogP contribution in [-0.2, 0) is 4.74 Å². The highest BCUT2D eigenvalue weighted by Gasteiger charge is 2.29. The second-order valence-corrected chi connectivity index (χ2v) is 5.82. The SMILES string of the molecule is CCNCC1CCC(CN2CCCCC2CC)O1. The average molecular weight is 254 g/mol. The molecule has 3 unspecified atom stereocenters. The van der Waals surface area contributed by atoms with Gasteiger partial charge in [-0.2, -0.15) is 0 Å². The molecule has 0 spiro atoms. The van der Waals surface area contributed by atoms with Crippen LogP contribution in [0.2, 0.25) is 0 Å². The minimum absolute atomic E-state index is 0.458. The number of nitrogens with one attached hydrogen (secondary N) is 1. The topological polar surface area (TPSA) is 24.5 Å². The highest BCUT2D eigenvalue weighted by Crippen LogP contribution is 2.24. The molecule has 0 amide bonds. The van der Waals surface area contributed by atoms with Crippen LogP contribution in [0.1, 0.15) is 52.4 Å². The Bertz CT molecular complexity index is 235. The Hall–Kier alpha value is -0.120. The molecular formula is C15H30N2O. The zero-order valence-electron chi connectivity index (χ0n) is 12.2. The first-order chi connectivity index (χ1) is 8.83. The molecule has 0 bridgehead atoms. The predicted molar refractivity (Wildman–Crippen MR) is 75.9 cm³/mol. The fraction of sp³-hybridized carbons (Fsp3) is 1.00. The van der Waals surface area contributed by atoms with Crippen LogP contribution in [0.4, 0.5) is 0 Å². The summed E-state index contributed by atoms with van der Waals surface area (Å²) in [5.74, 6) is 0. The van der Waals surface area contributed by atoms with E-state index in [-0.39, 0.29) is 0 Å². The lowest BCUT2D eigenvalue weighted by molar-refractivity contribution is 0.00710. The molecular weight excluding hydrogens is 224 g/mol. The largest absolute Gasteiger partial charge is 0.372 e. The van der Waals surface area contributed by atoms with Gasteiger partial charge in [0.25, 0.3) is 0 Å². The van der Waals surface area contributed by atoms with Crippen LogP contribution in [0.3, 0.4) is 0 Å². The molecule has 0 saturated carbocycles. The molecule has 2 fully saturated rings. The zero-order chi connectivity index (χ0) is 12.8. The molecule has 2 heterocycles. The summed E-state index contributed by atoms with van der Waals surface area (Å²) in [6.45, 7) is 9.02. The van der Waals surface area contributed by atoms with E-state index in [0.717, 1.165) is 19.1 Å². The van der Waals surface area contributed by atoms with Gasteiger partial charge in [0.1, 0.15) is 0 Å². The van der Waals surface area contributed by atoms with Crippen LogP contribution in [0.25, 0.3) is 0 Å². The van der Waals surface area contributed by atoms with Gasteiger partial charge in [-0.05, 0) is 45.2 Å². The van der Waals surface area contributed by atoms with E-state index in [1.165, 1.54) is 51.6 Å². The minimum atomic E-state index is 0.458. The predicted octanol–water partition coefficient (Wildman–Crippen LogP) is 2.41. The molecule has 2 aliphatic heterocycles. The summed E-state index contributed by atoms with van der Waals surface area (Å²) in [4.78, 5) is 2.68. The number of ether oxygens (including phenoxy) is 1. The van der Waals surface area contributed by atoms with Crippen molar-refractivity contribution in [2.75, 3.05) is 26.2 Å². The number of likely N-dealkylation sites (tertiary alicyclic amines) is 1. The number of piperidine rings is 1. The fourth-order valence-electron chi connectivity index (χ4n) is 3.39. The van der Waals surface area contributed by atoms with Crippen molar-refractivity contribution in [3.05, 3.63) is 0 Å². The van der Waals surface area contributed by atoms with Gasteiger partial charge in [0.15, 0.2) is 0 Å². The molecule has 18 heavy (non-hydrogen) atoms. The van der Waals surface area contributed by atoms with Gasteiger partial charge in [-0.1, -0.05) is 20.3 Å². The first-order valence-electron chi connectivity index (χ1n) is 7.93. The molecule has 0 aromatic heterocycles. The Morgan fingerprint density at radius 2 is 1.94 bits per heavy atom. The molecule has 0 radical (unpaired) electrons. The quantitative estimate of drug-likeness (QED) is 0.788. The van der Waals surface area contributed by atoms with Gasteiger partial charge >= 0.3 is 0 Å². The molecule has 2 rings (SSSR count). The standard InChI is InChI=1S/C15H30N2O/c1-3-13-7-5-6-10-17(13)12-15-9-8-14(18-15)11-16-4-2/h13-16H,3-12H2,1-2H3. The van der Waals surface area contributed by atoms with E-state index in [9.17, 15) is 0 Å². The molecule has 3 atom stereocenters. The van der Waals surface area contributed by atoms with Crippen LogP contribution in [0.5, 0.6) is 0 Å². The van der Waals surface area contributed by atoms with Crippen LogP contribution in [0, 0.1) is 0 Å². The first kappa shape index (κ1) is 14.3. The zero-order valence-corrected chi connectivity index (χ0v) is 12.2. The Morgan fingerprint density at radius 3 is 2.72 bits per heavy atom. The van der Waals surface area contributed by atoms with Gasteiger partial charge in [0.05, 0.1) is 12.2 Å². The third kappa shape index (κ3) is 3.94. The molecule has 3 heteroatoms. The van der Waals surface area contributed by atoms with Gasteiger partial charge in [-0.15, -0.1) is 0 Å². The van der Waals surface area contributed by atoms with E-state index in [1.807, 2.05) is 0 Å². The van der Waals surface area contributed by atoms with E-state index in [1.54, 1.807) is 0 Å². The monoisotopic (exact) mass is 254 g/mol. The average Bonchev–Trinajstić information content (AvgIpc) is 2.84. The number of hydrogen-bond donors (Lipinski definition) is 1. The van der Waals surface area contributed by atoms with Gasteiger partial charge in [-0.25, -0.2) is 0 Å². The van der Waals surface area contributed by atoms with Gasteiger partial charge in [-0.3, -0.25) is 4.90 Å². The maximum atomic E-state index is 6.15.